The first-order valence-corrected chi connectivity index (χ1v) is 17.6. The molecule has 4 rings (SSSR count). The SMILES string of the molecule is CCCC[C@@H](CC)CN1C(=O)C2=C(C(=O)N(C[C@@H](CC)CCCC)/C2=c2/ccc(=C(C#N)C#N)s2)/C1=c1\ccc(=C(C#N)C#N)s1. The minimum atomic E-state index is -0.244. The van der Waals surface area contributed by atoms with E-state index in [4.69, 9.17) is 0 Å². The number of amides is 2. The molecule has 2 aliphatic rings. The molecule has 8 nitrogen and oxygen atoms in total. The Morgan fingerprint density at radius 3 is 1.33 bits per heavy atom. The lowest BCUT2D eigenvalue weighted by Crippen LogP contribution is -2.40. The number of unbranched alkanes of at least 4 members (excludes halogenated alkanes) is 2. The van der Waals surface area contributed by atoms with Crippen LogP contribution in [0.5, 0.6) is 0 Å². The zero-order chi connectivity index (χ0) is 33.4. The van der Waals surface area contributed by atoms with Crippen LogP contribution in [0.15, 0.2) is 35.4 Å². The van der Waals surface area contributed by atoms with Crippen molar-refractivity contribution in [3.8, 4) is 24.3 Å². The Labute approximate surface area is 278 Å². The van der Waals surface area contributed by atoms with Gasteiger partial charge in [-0.25, -0.2) is 0 Å². The lowest BCUT2D eigenvalue weighted by molar-refractivity contribution is -0.124. The summed E-state index contributed by atoms with van der Waals surface area (Å²) in [7, 11) is 0. The lowest BCUT2D eigenvalue weighted by Gasteiger charge is -2.30. The van der Waals surface area contributed by atoms with E-state index in [9.17, 15) is 30.6 Å². The summed E-state index contributed by atoms with van der Waals surface area (Å²) in [5.41, 5.74) is 1.73. The first kappa shape index (κ1) is 34.4. The molecule has 0 unspecified atom stereocenters. The van der Waals surface area contributed by atoms with Crippen LogP contribution in [0.3, 0.4) is 0 Å². The third-order valence-corrected chi connectivity index (χ3v) is 11.0. The highest BCUT2D eigenvalue weighted by Gasteiger charge is 2.49. The maximum absolute atomic E-state index is 14.6. The molecule has 46 heavy (non-hydrogen) atoms. The van der Waals surface area contributed by atoms with Crippen molar-refractivity contribution < 1.29 is 9.59 Å². The number of thiophene rings is 2. The highest BCUT2D eigenvalue weighted by Crippen LogP contribution is 2.44. The van der Waals surface area contributed by atoms with Gasteiger partial charge in [-0.15, -0.1) is 22.7 Å². The molecule has 2 amide bonds. The van der Waals surface area contributed by atoms with E-state index >= 15 is 0 Å². The molecule has 0 N–H and O–H groups in total. The van der Waals surface area contributed by atoms with Crippen molar-refractivity contribution in [2.75, 3.05) is 13.1 Å². The molecule has 0 aromatic carbocycles. The molecule has 0 aliphatic carbocycles. The van der Waals surface area contributed by atoms with Gasteiger partial charge in [-0.3, -0.25) is 9.59 Å². The second kappa shape index (κ2) is 15.7. The number of hydrogen-bond donors (Lipinski definition) is 0. The number of rotatable bonds is 12. The van der Waals surface area contributed by atoms with Gasteiger partial charge in [-0.2, -0.15) is 21.0 Å². The third kappa shape index (κ3) is 6.70. The maximum atomic E-state index is 14.6. The fourth-order valence-electron chi connectivity index (χ4n) is 6.08. The molecule has 4 heterocycles. The second-order valence-electron chi connectivity index (χ2n) is 11.6. The molecule has 2 aliphatic heterocycles. The number of nitriles is 4. The van der Waals surface area contributed by atoms with Gasteiger partial charge in [0.15, 0.2) is 0 Å². The minimum absolute atomic E-state index is 0.0159. The number of nitrogens with zero attached hydrogens (tertiary/aromatic N) is 6. The minimum Gasteiger partial charge on any atom is -0.306 e. The molecule has 0 radical (unpaired) electrons. The van der Waals surface area contributed by atoms with Crippen molar-refractivity contribution in [2.24, 2.45) is 11.8 Å². The van der Waals surface area contributed by atoms with Crippen LogP contribution in [0.2, 0.25) is 0 Å². The van der Waals surface area contributed by atoms with Gasteiger partial charge < -0.3 is 9.80 Å². The number of hydrogen-bond acceptors (Lipinski definition) is 8. The molecule has 0 fully saturated rings. The normalized spacial score (nSPS) is 17.7. The topological polar surface area (TPSA) is 136 Å². The van der Waals surface area contributed by atoms with Crippen LogP contribution in [0, 0.1) is 57.2 Å². The van der Waals surface area contributed by atoms with Crippen LogP contribution in [0.4, 0.5) is 0 Å². The first-order chi connectivity index (χ1) is 22.3. The molecule has 10 heteroatoms. The summed E-state index contributed by atoms with van der Waals surface area (Å²) in [6.45, 7) is 9.41. The predicted molar refractivity (Wildman–Crippen MR) is 180 cm³/mol. The van der Waals surface area contributed by atoms with Crippen molar-refractivity contribution in [3.05, 3.63) is 53.5 Å². The first-order valence-electron chi connectivity index (χ1n) is 16.0. The Morgan fingerprint density at radius 1 is 0.652 bits per heavy atom. The van der Waals surface area contributed by atoms with Crippen LogP contribution < -0.4 is 18.1 Å². The molecule has 0 spiro atoms. The molecular formula is C36H38N6O2S2. The van der Waals surface area contributed by atoms with Crippen molar-refractivity contribution in [3.63, 3.8) is 0 Å². The van der Waals surface area contributed by atoms with Crippen LogP contribution >= 0.6 is 22.7 Å². The van der Waals surface area contributed by atoms with Gasteiger partial charge in [0.05, 0.1) is 40.7 Å². The average Bonchev–Trinajstić information content (AvgIpc) is 3.85. The van der Waals surface area contributed by atoms with Gasteiger partial charge >= 0.3 is 0 Å². The summed E-state index contributed by atoms with van der Waals surface area (Å²) < 4.78 is 2.29. The van der Waals surface area contributed by atoms with E-state index in [2.05, 4.69) is 27.7 Å². The monoisotopic (exact) mass is 650 g/mol. The summed E-state index contributed by atoms with van der Waals surface area (Å²) in [5, 5.41) is 38.1. The van der Waals surface area contributed by atoms with Gasteiger partial charge in [0.1, 0.15) is 35.4 Å². The van der Waals surface area contributed by atoms with Crippen LogP contribution in [-0.2, 0) is 9.59 Å². The fourth-order valence-corrected chi connectivity index (χ4v) is 8.10. The van der Waals surface area contributed by atoms with E-state index in [1.165, 1.54) is 22.7 Å². The second-order valence-corrected chi connectivity index (χ2v) is 13.8. The van der Waals surface area contributed by atoms with E-state index in [1.807, 2.05) is 24.3 Å². The van der Waals surface area contributed by atoms with E-state index in [0.29, 0.717) is 53.8 Å². The smallest absolute Gasteiger partial charge is 0.261 e. The highest BCUT2D eigenvalue weighted by molar-refractivity contribution is 7.08. The molecule has 2 aromatic heterocycles. The summed E-state index contributed by atoms with van der Waals surface area (Å²) in [6, 6.07) is 14.8. The molecule has 0 saturated carbocycles. The molecule has 0 bridgehead atoms. The van der Waals surface area contributed by atoms with Crippen molar-refractivity contribution >= 4 is 57.0 Å². The van der Waals surface area contributed by atoms with Gasteiger partial charge in [-0.05, 0) is 48.9 Å². The van der Waals surface area contributed by atoms with Gasteiger partial charge in [0, 0.05) is 13.1 Å². The highest BCUT2D eigenvalue weighted by atomic mass is 32.1. The summed E-state index contributed by atoms with van der Waals surface area (Å²) >= 11 is 2.48. The van der Waals surface area contributed by atoms with Gasteiger partial charge in [-0.1, -0.05) is 66.2 Å². The lowest BCUT2D eigenvalue weighted by atomic mass is 9.98. The van der Waals surface area contributed by atoms with Gasteiger partial charge in [0.2, 0.25) is 0 Å². The van der Waals surface area contributed by atoms with Crippen LogP contribution in [0.1, 0.15) is 79.1 Å². The summed E-state index contributed by atoms with van der Waals surface area (Å²) in [6.07, 6.45) is 7.79. The van der Waals surface area contributed by atoms with E-state index in [-0.39, 0.29) is 34.8 Å². The Bertz CT molecular complexity index is 1800. The standard InChI is InChI=1S/C36H38N6O2S2/c1-5-9-11-23(7-3)21-41-33(29-15-13-27(45-29)25(17-37)18-38)31-32(35(41)43)34(30-16-14-28(46-30)26(19-39)20-40)42(36(31)44)22-24(8-4)12-10-6-2/h13-16,23-24H,5-12,21-22H2,1-4H3/b33-29-,34-30-/t23-,24+. The summed E-state index contributed by atoms with van der Waals surface area (Å²) in [4.78, 5) is 32.8. The predicted octanol–water partition coefficient (Wildman–Crippen LogP) is 4.54. The average molecular weight is 651 g/mol. The molecule has 2 atom stereocenters. The zero-order valence-corrected chi connectivity index (χ0v) is 28.5. The Balaban J connectivity index is 2.05. The number of carbonyl (C=O) groups excluding carboxylic acids is 2. The molecule has 0 saturated heterocycles. The Morgan fingerprint density at radius 2 is 1.02 bits per heavy atom. The Hall–Kier alpha value is -4.48. The van der Waals surface area contributed by atoms with E-state index < -0.39 is 0 Å². The van der Waals surface area contributed by atoms with Crippen molar-refractivity contribution in [2.45, 2.75) is 79.1 Å². The molecular weight excluding hydrogens is 613 g/mol. The van der Waals surface area contributed by atoms with Crippen LogP contribution in [-0.4, -0.2) is 34.7 Å². The third-order valence-electron chi connectivity index (χ3n) is 8.77. The zero-order valence-electron chi connectivity index (χ0n) is 26.9. The van der Waals surface area contributed by atoms with E-state index in [1.54, 1.807) is 34.1 Å². The quantitative estimate of drug-likeness (QED) is 0.331. The largest absolute Gasteiger partial charge is 0.306 e. The van der Waals surface area contributed by atoms with Gasteiger partial charge in [0.25, 0.3) is 11.8 Å². The van der Waals surface area contributed by atoms with Crippen molar-refractivity contribution in [1.29, 1.82) is 21.0 Å². The Kier molecular flexibility index (Phi) is 11.7. The van der Waals surface area contributed by atoms with Crippen molar-refractivity contribution in [1.82, 2.24) is 9.80 Å². The fraction of sp³-hybridized carbons (Fsp3) is 0.444. The molecule has 2 aromatic rings. The maximum Gasteiger partial charge on any atom is 0.261 e. The summed E-state index contributed by atoms with van der Waals surface area (Å²) in [5.74, 6) is -0.0362. The van der Waals surface area contributed by atoms with Crippen LogP contribution in [0.25, 0.3) is 22.5 Å². The molecule has 236 valence electrons. The van der Waals surface area contributed by atoms with E-state index in [0.717, 1.165) is 51.4 Å². The number of carbonyl (C=O) groups is 2.